The molecule has 21 heavy (non-hydrogen) atoms. The van der Waals surface area contributed by atoms with Gasteiger partial charge in [0.15, 0.2) is 12.4 Å². The van der Waals surface area contributed by atoms with Gasteiger partial charge in [-0.3, -0.25) is 9.59 Å². The summed E-state index contributed by atoms with van der Waals surface area (Å²) in [5, 5.41) is 2.92. The average Bonchev–Trinajstić information content (AvgIpc) is 2.45. The molecule has 1 aliphatic carbocycles. The first-order valence-electron chi connectivity index (χ1n) is 7.51. The zero-order chi connectivity index (χ0) is 15.5. The zero-order valence-corrected chi connectivity index (χ0v) is 13.0. The number of fused-ring (bicyclic) bond motifs is 1. The molecule has 4 nitrogen and oxygen atoms in total. The largest absolute Gasteiger partial charge is 0.484 e. The normalized spacial score (nSPS) is 14.5. The lowest BCUT2D eigenvalue weighted by molar-refractivity contribution is -0.124. The predicted molar refractivity (Wildman–Crippen MR) is 81.7 cm³/mol. The van der Waals surface area contributed by atoms with Gasteiger partial charge in [0.1, 0.15) is 5.75 Å². The zero-order valence-electron chi connectivity index (χ0n) is 13.0. The molecule has 0 aromatic heterocycles. The molecular formula is C17H23NO3. The van der Waals surface area contributed by atoms with Crippen molar-refractivity contribution in [1.29, 1.82) is 0 Å². The predicted octanol–water partition coefficient (Wildman–Crippen LogP) is 2.89. The van der Waals surface area contributed by atoms with Gasteiger partial charge in [-0.05, 0) is 50.8 Å². The monoisotopic (exact) mass is 289 g/mol. The van der Waals surface area contributed by atoms with Crippen LogP contribution in [0.2, 0.25) is 0 Å². The minimum absolute atomic E-state index is 0.0313. The molecule has 0 fully saturated rings. The van der Waals surface area contributed by atoms with E-state index in [-0.39, 0.29) is 23.8 Å². The second kappa shape index (κ2) is 6.29. The van der Waals surface area contributed by atoms with Crippen LogP contribution in [0.15, 0.2) is 18.2 Å². The maximum Gasteiger partial charge on any atom is 0.258 e. The van der Waals surface area contributed by atoms with Gasteiger partial charge in [-0.1, -0.05) is 13.0 Å². The fraction of sp³-hybridized carbons (Fsp3) is 0.529. The number of hydrogen-bond acceptors (Lipinski definition) is 3. The topological polar surface area (TPSA) is 55.4 Å². The van der Waals surface area contributed by atoms with Crippen molar-refractivity contribution < 1.29 is 14.3 Å². The van der Waals surface area contributed by atoms with Crippen LogP contribution in [0.1, 0.15) is 56.0 Å². The van der Waals surface area contributed by atoms with E-state index in [1.165, 1.54) is 0 Å². The van der Waals surface area contributed by atoms with Crippen molar-refractivity contribution in [2.45, 2.75) is 52.0 Å². The molecule has 114 valence electrons. The van der Waals surface area contributed by atoms with Gasteiger partial charge >= 0.3 is 0 Å². The van der Waals surface area contributed by atoms with Crippen LogP contribution < -0.4 is 10.1 Å². The highest BCUT2D eigenvalue weighted by Gasteiger charge is 2.19. The molecule has 0 radical (unpaired) electrons. The van der Waals surface area contributed by atoms with Crippen LogP contribution in [-0.4, -0.2) is 23.8 Å². The molecule has 0 spiro atoms. The molecule has 1 aliphatic rings. The van der Waals surface area contributed by atoms with E-state index in [4.69, 9.17) is 4.74 Å². The Kier molecular flexibility index (Phi) is 4.66. The van der Waals surface area contributed by atoms with Crippen LogP contribution in [0, 0.1) is 0 Å². The van der Waals surface area contributed by atoms with Crippen molar-refractivity contribution in [3.05, 3.63) is 29.3 Å². The molecule has 1 N–H and O–H groups in total. The van der Waals surface area contributed by atoms with Crippen LogP contribution in [0.25, 0.3) is 0 Å². The molecule has 1 amide bonds. The van der Waals surface area contributed by atoms with E-state index in [2.05, 4.69) is 5.32 Å². The van der Waals surface area contributed by atoms with E-state index in [0.717, 1.165) is 30.4 Å². The van der Waals surface area contributed by atoms with E-state index in [1.54, 1.807) is 6.07 Å². The van der Waals surface area contributed by atoms with Crippen molar-refractivity contribution in [2.24, 2.45) is 0 Å². The Morgan fingerprint density at radius 1 is 1.33 bits per heavy atom. The van der Waals surface area contributed by atoms with Gasteiger partial charge in [-0.25, -0.2) is 0 Å². The van der Waals surface area contributed by atoms with Gasteiger partial charge in [0.2, 0.25) is 0 Å². The summed E-state index contributed by atoms with van der Waals surface area (Å²) in [6.45, 7) is 5.94. The SMILES string of the molecule is CCC(C)(C)NC(=O)COc1ccc2c(c1)C(=O)CCC2. The summed E-state index contributed by atoms with van der Waals surface area (Å²) in [5.74, 6) is 0.595. The molecule has 1 aromatic carbocycles. The number of Topliss-reactive ketones (excluding diaryl/α,β-unsaturated/α-hetero) is 1. The highest BCUT2D eigenvalue weighted by atomic mass is 16.5. The Hall–Kier alpha value is -1.84. The third kappa shape index (κ3) is 4.06. The molecule has 0 saturated carbocycles. The maximum atomic E-state index is 11.9. The number of carbonyl (C=O) groups is 2. The lowest BCUT2D eigenvalue weighted by atomic mass is 9.90. The van der Waals surface area contributed by atoms with Crippen LogP contribution in [0.3, 0.4) is 0 Å². The van der Waals surface area contributed by atoms with E-state index < -0.39 is 0 Å². The summed E-state index contributed by atoms with van der Waals surface area (Å²) in [6.07, 6.45) is 3.31. The van der Waals surface area contributed by atoms with Crippen molar-refractivity contribution in [3.63, 3.8) is 0 Å². The number of ether oxygens (including phenoxy) is 1. The first kappa shape index (κ1) is 15.5. The minimum Gasteiger partial charge on any atom is -0.484 e. The second-order valence-corrected chi connectivity index (χ2v) is 6.17. The second-order valence-electron chi connectivity index (χ2n) is 6.17. The van der Waals surface area contributed by atoms with Gasteiger partial charge in [-0.2, -0.15) is 0 Å². The third-order valence-corrected chi connectivity index (χ3v) is 3.96. The molecule has 0 unspecified atom stereocenters. The number of ketones is 1. The number of hydrogen-bond donors (Lipinski definition) is 1. The quantitative estimate of drug-likeness (QED) is 0.906. The number of carbonyl (C=O) groups excluding carboxylic acids is 2. The molecule has 1 aromatic rings. The van der Waals surface area contributed by atoms with Crippen LogP contribution >= 0.6 is 0 Å². The van der Waals surface area contributed by atoms with E-state index in [9.17, 15) is 9.59 Å². The average molecular weight is 289 g/mol. The molecule has 2 rings (SSSR count). The number of rotatable bonds is 5. The minimum atomic E-state index is -0.230. The highest BCUT2D eigenvalue weighted by Crippen LogP contribution is 2.25. The molecule has 0 atom stereocenters. The molecule has 0 bridgehead atoms. The highest BCUT2D eigenvalue weighted by molar-refractivity contribution is 5.98. The Morgan fingerprint density at radius 3 is 2.81 bits per heavy atom. The summed E-state index contributed by atoms with van der Waals surface area (Å²) in [5.41, 5.74) is 1.59. The van der Waals surface area contributed by atoms with Gasteiger partial charge in [0.25, 0.3) is 5.91 Å². The van der Waals surface area contributed by atoms with Crippen molar-refractivity contribution in [1.82, 2.24) is 5.32 Å². The van der Waals surface area contributed by atoms with Crippen LogP contribution in [0.4, 0.5) is 0 Å². The van der Waals surface area contributed by atoms with Gasteiger partial charge in [0, 0.05) is 17.5 Å². The van der Waals surface area contributed by atoms with Gasteiger partial charge in [0.05, 0.1) is 0 Å². The molecule has 4 heteroatoms. The van der Waals surface area contributed by atoms with Gasteiger partial charge in [-0.15, -0.1) is 0 Å². The summed E-state index contributed by atoms with van der Waals surface area (Å²) < 4.78 is 5.51. The van der Waals surface area contributed by atoms with E-state index in [0.29, 0.717) is 12.2 Å². The van der Waals surface area contributed by atoms with Gasteiger partial charge < -0.3 is 10.1 Å². The first-order valence-corrected chi connectivity index (χ1v) is 7.51. The fourth-order valence-electron chi connectivity index (χ4n) is 2.35. The van der Waals surface area contributed by atoms with Crippen molar-refractivity contribution in [2.75, 3.05) is 6.61 Å². The lowest BCUT2D eigenvalue weighted by Gasteiger charge is -2.24. The molecule has 0 heterocycles. The third-order valence-electron chi connectivity index (χ3n) is 3.96. The summed E-state index contributed by atoms with van der Waals surface area (Å²) in [6, 6.07) is 5.51. The Bertz CT molecular complexity index is 549. The molecular weight excluding hydrogens is 266 g/mol. The number of benzene rings is 1. The van der Waals surface area contributed by atoms with Crippen LogP contribution in [0.5, 0.6) is 5.75 Å². The standard InChI is InChI=1S/C17H23NO3/c1-4-17(2,3)18-16(20)11-21-13-9-8-12-6-5-7-15(19)14(12)10-13/h8-10H,4-7,11H2,1-3H3,(H,18,20). The summed E-state index contributed by atoms with van der Waals surface area (Å²) >= 11 is 0. The van der Waals surface area contributed by atoms with Crippen molar-refractivity contribution in [3.8, 4) is 5.75 Å². The fourth-order valence-corrected chi connectivity index (χ4v) is 2.35. The Labute approximate surface area is 125 Å². The maximum absolute atomic E-state index is 11.9. The van der Waals surface area contributed by atoms with Crippen molar-refractivity contribution >= 4 is 11.7 Å². The smallest absolute Gasteiger partial charge is 0.258 e. The summed E-state index contributed by atoms with van der Waals surface area (Å²) in [7, 11) is 0. The van der Waals surface area contributed by atoms with E-state index >= 15 is 0 Å². The number of nitrogens with one attached hydrogen (secondary N) is 1. The first-order chi connectivity index (χ1) is 9.91. The summed E-state index contributed by atoms with van der Waals surface area (Å²) in [4.78, 5) is 23.7. The lowest BCUT2D eigenvalue weighted by Crippen LogP contribution is -2.44. The number of amides is 1. The Morgan fingerprint density at radius 2 is 2.10 bits per heavy atom. The molecule has 0 saturated heterocycles. The number of aryl methyl sites for hydroxylation is 1. The van der Waals surface area contributed by atoms with E-state index in [1.807, 2.05) is 32.9 Å². The molecule has 0 aliphatic heterocycles. The Balaban J connectivity index is 1.96. The van der Waals surface area contributed by atoms with Crippen LogP contribution in [-0.2, 0) is 11.2 Å².